The molecule has 0 aliphatic rings. The zero-order chi connectivity index (χ0) is 12.1. The third kappa shape index (κ3) is 3.29. The van der Waals surface area contributed by atoms with E-state index in [2.05, 4.69) is 11.9 Å². The van der Waals surface area contributed by atoms with Gasteiger partial charge in [-0.15, -0.1) is 0 Å². The van der Waals surface area contributed by atoms with E-state index >= 15 is 0 Å². The number of hydrogen-bond acceptors (Lipinski definition) is 3. The van der Waals surface area contributed by atoms with Crippen molar-refractivity contribution in [3.8, 4) is 5.75 Å². The summed E-state index contributed by atoms with van der Waals surface area (Å²) in [5, 5.41) is 0. The SMILES string of the molecule is Cc1ccc(OCc2ccc(CN)cn2)cc1. The average Bonchev–Trinajstić information content (AvgIpc) is 2.39. The highest BCUT2D eigenvalue weighted by Gasteiger charge is 1.97. The third-order valence-corrected chi connectivity index (χ3v) is 2.53. The molecule has 0 bridgehead atoms. The molecule has 0 amide bonds. The first-order valence-corrected chi connectivity index (χ1v) is 5.61. The first kappa shape index (κ1) is 11.6. The summed E-state index contributed by atoms with van der Waals surface area (Å²) < 4.78 is 5.63. The van der Waals surface area contributed by atoms with Crippen LogP contribution in [0.1, 0.15) is 16.8 Å². The summed E-state index contributed by atoms with van der Waals surface area (Å²) >= 11 is 0. The summed E-state index contributed by atoms with van der Waals surface area (Å²) in [6.07, 6.45) is 1.79. The van der Waals surface area contributed by atoms with Gasteiger partial charge in [0.1, 0.15) is 12.4 Å². The number of benzene rings is 1. The Morgan fingerprint density at radius 2 is 1.88 bits per heavy atom. The van der Waals surface area contributed by atoms with Crippen molar-refractivity contribution >= 4 is 0 Å². The van der Waals surface area contributed by atoms with E-state index in [0.717, 1.165) is 17.0 Å². The van der Waals surface area contributed by atoms with Gasteiger partial charge in [0.2, 0.25) is 0 Å². The summed E-state index contributed by atoms with van der Waals surface area (Å²) in [4.78, 5) is 4.28. The minimum absolute atomic E-state index is 0.480. The van der Waals surface area contributed by atoms with E-state index in [1.807, 2.05) is 36.4 Å². The largest absolute Gasteiger partial charge is 0.487 e. The first-order chi connectivity index (χ1) is 8.28. The molecular formula is C14H16N2O. The molecular weight excluding hydrogens is 212 g/mol. The molecule has 0 spiro atoms. The maximum Gasteiger partial charge on any atom is 0.130 e. The lowest BCUT2D eigenvalue weighted by Gasteiger charge is -2.06. The second-order valence-electron chi connectivity index (χ2n) is 3.96. The van der Waals surface area contributed by atoms with E-state index in [4.69, 9.17) is 10.5 Å². The van der Waals surface area contributed by atoms with Gasteiger partial charge < -0.3 is 10.5 Å². The Hall–Kier alpha value is -1.87. The van der Waals surface area contributed by atoms with Gasteiger partial charge in [-0.1, -0.05) is 23.8 Å². The number of pyridine rings is 1. The van der Waals surface area contributed by atoms with E-state index in [1.165, 1.54) is 5.56 Å². The quantitative estimate of drug-likeness (QED) is 0.874. The molecule has 0 fully saturated rings. The molecule has 2 N–H and O–H groups in total. The van der Waals surface area contributed by atoms with Gasteiger partial charge in [0.05, 0.1) is 5.69 Å². The van der Waals surface area contributed by atoms with Gasteiger partial charge in [-0.05, 0) is 30.7 Å². The number of ether oxygens (including phenoxy) is 1. The second-order valence-corrected chi connectivity index (χ2v) is 3.96. The monoisotopic (exact) mass is 228 g/mol. The molecule has 2 aromatic rings. The van der Waals surface area contributed by atoms with Crippen LogP contribution in [0.25, 0.3) is 0 Å². The molecule has 2 rings (SSSR count). The molecule has 3 nitrogen and oxygen atoms in total. The van der Waals surface area contributed by atoms with E-state index in [0.29, 0.717) is 13.2 Å². The van der Waals surface area contributed by atoms with E-state index < -0.39 is 0 Å². The van der Waals surface area contributed by atoms with Gasteiger partial charge in [0.15, 0.2) is 0 Å². The Kier molecular flexibility index (Phi) is 3.73. The summed E-state index contributed by atoms with van der Waals surface area (Å²) in [6, 6.07) is 11.9. The van der Waals surface area contributed by atoms with Crippen LogP contribution < -0.4 is 10.5 Å². The minimum Gasteiger partial charge on any atom is -0.487 e. The predicted molar refractivity (Wildman–Crippen MR) is 67.6 cm³/mol. The fourth-order valence-corrected chi connectivity index (χ4v) is 1.45. The number of nitrogens with two attached hydrogens (primary N) is 1. The maximum atomic E-state index is 5.63. The van der Waals surface area contributed by atoms with Crippen LogP contribution in [-0.4, -0.2) is 4.98 Å². The number of nitrogens with zero attached hydrogens (tertiary/aromatic N) is 1. The van der Waals surface area contributed by atoms with Gasteiger partial charge in [0.25, 0.3) is 0 Å². The van der Waals surface area contributed by atoms with E-state index in [-0.39, 0.29) is 0 Å². The van der Waals surface area contributed by atoms with Crippen LogP contribution in [0.2, 0.25) is 0 Å². The number of aromatic nitrogens is 1. The molecule has 88 valence electrons. The highest BCUT2D eigenvalue weighted by molar-refractivity contribution is 5.26. The zero-order valence-electron chi connectivity index (χ0n) is 9.89. The van der Waals surface area contributed by atoms with Crippen molar-refractivity contribution in [1.29, 1.82) is 0 Å². The molecule has 3 heteroatoms. The molecule has 0 saturated heterocycles. The Balaban J connectivity index is 1.95. The number of hydrogen-bond donors (Lipinski definition) is 1. The van der Waals surface area contributed by atoms with Crippen molar-refractivity contribution in [3.05, 3.63) is 59.4 Å². The van der Waals surface area contributed by atoms with Gasteiger partial charge >= 0.3 is 0 Å². The summed E-state index contributed by atoms with van der Waals surface area (Å²) in [5.41, 5.74) is 8.67. The predicted octanol–water partition coefficient (Wildman–Crippen LogP) is 2.43. The van der Waals surface area contributed by atoms with Crippen molar-refractivity contribution in [3.63, 3.8) is 0 Å². The lowest BCUT2D eigenvalue weighted by Crippen LogP contribution is -2.01. The molecule has 0 radical (unpaired) electrons. The molecule has 0 aliphatic heterocycles. The van der Waals surface area contributed by atoms with Crippen molar-refractivity contribution in [2.24, 2.45) is 5.73 Å². The molecule has 1 heterocycles. The smallest absolute Gasteiger partial charge is 0.130 e. The maximum absolute atomic E-state index is 5.63. The van der Waals surface area contributed by atoms with Crippen LogP contribution in [0.15, 0.2) is 42.6 Å². The third-order valence-electron chi connectivity index (χ3n) is 2.53. The topological polar surface area (TPSA) is 48.1 Å². The Labute approximate surface area is 101 Å². The van der Waals surface area contributed by atoms with Gasteiger partial charge in [-0.3, -0.25) is 4.98 Å². The van der Waals surface area contributed by atoms with Crippen molar-refractivity contribution in [2.45, 2.75) is 20.1 Å². The molecule has 0 atom stereocenters. The van der Waals surface area contributed by atoms with Crippen molar-refractivity contribution < 1.29 is 4.74 Å². The number of rotatable bonds is 4. The minimum atomic E-state index is 0.480. The summed E-state index contributed by atoms with van der Waals surface area (Å²) in [7, 11) is 0. The molecule has 0 saturated carbocycles. The number of aryl methyl sites for hydroxylation is 1. The first-order valence-electron chi connectivity index (χ1n) is 5.61. The highest BCUT2D eigenvalue weighted by atomic mass is 16.5. The normalized spacial score (nSPS) is 10.2. The molecule has 1 aromatic heterocycles. The Morgan fingerprint density at radius 1 is 1.12 bits per heavy atom. The van der Waals surface area contributed by atoms with Crippen molar-refractivity contribution in [2.75, 3.05) is 0 Å². The lowest BCUT2D eigenvalue weighted by atomic mass is 10.2. The van der Waals surface area contributed by atoms with Crippen LogP contribution in [0.3, 0.4) is 0 Å². The van der Waals surface area contributed by atoms with Gasteiger partial charge in [0, 0.05) is 12.7 Å². The lowest BCUT2D eigenvalue weighted by molar-refractivity contribution is 0.301. The van der Waals surface area contributed by atoms with Crippen LogP contribution in [-0.2, 0) is 13.2 Å². The van der Waals surface area contributed by atoms with Gasteiger partial charge in [-0.2, -0.15) is 0 Å². The van der Waals surface area contributed by atoms with Gasteiger partial charge in [-0.25, -0.2) is 0 Å². The fraction of sp³-hybridized carbons (Fsp3) is 0.214. The Bertz CT molecular complexity index is 463. The second kappa shape index (κ2) is 5.46. The highest BCUT2D eigenvalue weighted by Crippen LogP contribution is 2.13. The summed E-state index contributed by atoms with van der Waals surface area (Å²) in [5.74, 6) is 0.861. The average molecular weight is 228 g/mol. The zero-order valence-corrected chi connectivity index (χ0v) is 9.89. The van der Waals surface area contributed by atoms with Crippen LogP contribution in [0, 0.1) is 6.92 Å². The molecule has 17 heavy (non-hydrogen) atoms. The van der Waals surface area contributed by atoms with E-state index in [9.17, 15) is 0 Å². The molecule has 0 unspecified atom stereocenters. The van der Waals surface area contributed by atoms with Crippen LogP contribution in [0.5, 0.6) is 5.75 Å². The summed E-state index contributed by atoms with van der Waals surface area (Å²) in [6.45, 7) is 3.05. The van der Waals surface area contributed by atoms with Crippen LogP contribution >= 0.6 is 0 Å². The van der Waals surface area contributed by atoms with Crippen LogP contribution in [0.4, 0.5) is 0 Å². The van der Waals surface area contributed by atoms with E-state index in [1.54, 1.807) is 6.20 Å². The molecule has 1 aromatic carbocycles. The molecule has 0 aliphatic carbocycles. The standard InChI is InChI=1S/C14H16N2O/c1-11-2-6-14(7-3-11)17-10-13-5-4-12(8-15)9-16-13/h2-7,9H,8,10,15H2,1H3. The fourth-order valence-electron chi connectivity index (χ4n) is 1.45. The van der Waals surface area contributed by atoms with Crippen molar-refractivity contribution in [1.82, 2.24) is 4.98 Å². The Morgan fingerprint density at radius 3 is 2.47 bits per heavy atom.